The minimum absolute atomic E-state index is 0.128. The van der Waals surface area contributed by atoms with Crippen molar-refractivity contribution in [2.24, 2.45) is 0 Å². The van der Waals surface area contributed by atoms with Crippen LogP contribution in [0.3, 0.4) is 0 Å². The minimum atomic E-state index is 0.128. The van der Waals surface area contributed by atoms with Crippen LogP contribution < -0.4 is 10.1 Å². The summed E-state index contributed by atoms with van der Waals surface area (Å²) in [6, 6.07) is 0.772. The van der Waals surface area contributed by atoms with Gasteiger partial charge in [-0.05, 0) is 45.5 Å². The highest BCUT2D eigenvalue weighted by atomic mass is 35.5. The number of hydrogen-bond donors (Lipinski definition) is 1. The molecule has 1 aromatic heterocycles. The van der Waals surface area contributed by atoms with Crippen molar-refractivity contribution in [2.75, 3.05) is 32.6 Å². The lowest BCUT2D eigenvalue weighted by Gasteiger charge is -2.20. The zero-order valence-electron chi connectivity index (χ0n) is 11.3. The predicted molar refractivity (Wildman–Crippen MR) is 72.3 cm³/mol. The Labute approximate surface area is 113 Å². The van der Waals surface area contributed by atoms with Gasteiger partial charge in [0.1, 0.15) is 0 Å². The van der Waals surface area contributed by atoms with E-state index in [0.717, 1.165) is 19.5 Å². The van der Waals surface area contributed by atoms with Gasteiger partial charge in [-0.1, -0.05) is 0 Å². The molecule has 6 nitrogen and oxygen atoms in total. The molecule has 0 unspecified atom stereocenters. The summed E-state index contributed by atoms with van der Waals surface area (Å²) in [4.78, 5) is 14.1. The maximum absolute atomic E-state index is 5.74. The van der Waals surface area contributed by atoms with Crippen molar-refractivity contribution < 1.29 is 4.74 Å². The van der Waals surface area contributed by atoms with Gasteiger partial charge >= 0.3 is 6.01 Å². The Balaban J connectivity index is 2.37. The second kappa shape index (κ2) is 7.33. The van der Waals surface area contributed by atoms with Crippen molar-refractivity contribution in [3.05, 3.63) is 5.28 Å². The van der Waals surface area contributed by atoms with Crippen LogP contribution in [-0.4, -0.2) is 53.1 Å². The van der Waals surface area contributed by atoms with Crippen molar-refractivity contribution in [1.29, 1.82) is 0 Å². The van der Waals surface area contributed by atoms with E-state index in [2.05, 4.69) is 46.1 Å². The number of halogens is 1. The fourth-order valence-electron chi connectivity index (χ4n) is 1.29. The maximum Gasteiger partial charge on any atom is 0.322 e. The number of ether oxygens (including phenoxy) is 1. The van der Waals surface area contributed by atoms with Crippen LogP contribution in [0.15, 0.2) is 0 Å². The summed E-state index contributed by atoms with van der Waals surface area (Å²) in [5.41, 5.74) is 0. The SMILES string of the molecule is COc1nc(Cl)nc(NCCCN(C)C(C)C)n1. The van der Waals surface area contributed by atoms with E-state index in [9.17, 15) is 0 Å². The van der Waals surface area contributed by atoms with E-state index in [1.54, 1.807) is 0 Å². The van der Waals surface area contributed by atoms with Crippen LogP contribution >= 0.6 is 11.6 Å². The smallest absolute Gasteiger partial charge is 0.322 e. The van der Waals surface area contributed by atoms with Gasteiger partial charge in [0, 0.05) is 12.6 Å². The first-order valence-electron chi connectivity index (χ1n) is 5.92. The fourth-order valence-corrected chi connectivity index (χ4v) is 1.44. The van der Waals surface area contributed by atoms with Gasteiger partial charge in [0.05, 0.1) is 7.11 Å². The molecule has 0 aliphatic heterocycles. The molecule has 0 fully saturated rings. The maximum atomic E-state index is 5.74. The van der Waals surface area contributed by atoms with Gasteiger partial charge < -0.3 is 15.0 Å². The van der Waals surface area contributed by atoms with Crippen molar-refractivity contribution in [3.8, 4) is 6.01 Å². The minimum Gasteiger partial charge on any atom is -0.467 e. The largest absolute Gasteiger partial charge is 0.467 e. The highest BCUT2D eigenvalue weighted by Crippen LogP contribution is 2.10. The zero-order chi connectivity index (χ0) is 13.5. The molecule has 0 aliphatic rings. The molecule has 0 spiro atoms. The van der Waals surface area contributed by atoms with E-state index < -0.39 is 0 Å². The molecule has 0 saturated heterocycles. The average Bonchev–Trinajstić information content (AvgIpc) is 2.33. The molecule has 0 atom stereocenters. The number of anilines is 1. The first-order chi connectivity index (χ1) is 8.52. The number of aromatic nitrogens is 3. The van der Waals surface area contributed by atoms with Crippen LogP contribution in [0.2, 0.25) is 5.28 Å². The second-order valence-electron chi connectivity index (χ2n) is 4.27. The molecular formula is C11H20ClN5O. The van der Waals surface area contributed by atoms with Gasteiger partial charge in [0.25, 0.3) is 0 Å². The highest BCUT2D eigenvalue weighted by molar-refractivity contribution is 6.28. The summed E-state index contributed by atoms with van der Waals surface area (Å²) < 4.78 is 4.92. The second-order valence-corrected chi connectivity index (χ2v) is 4.61. The summed E-state index contributed by atoms with van der Waals surface area (Å²) in [5, 5.41) is 3.23. The first kappa shape index (κ1) is 14.9. The summed E-state index contributed by atoms with van der Waals surface area (Å²) >= 11 is 5.74. The zero-order valence-corrected chi connectivity index (χ0v) is 12.0. The normalized spacial score (nSPS) is 11.1. The van der Waals surface area contributed by atoms with E-state index in [-0.39, 0.29) is 11.3 Å². The van der Waals surface area contributed by atoms with Gasteiger partial charge in [0.2, 0.25) is 11.2 Å². The Morgan fingerprint density at radius 1 is 1.33 bits per heavy atom. The quantitative estimate of drug-likeness (QED) is 0.763. The van der Waals surface area contributed by atoms with Crippen LogP contribution in [0.4, 0.5) is 5.95 Å². The van der Waals surface area contributed by atoms with Gasteiger partial charge in [-0.2, -0.15) is 15.0 Å². The highest BCUT2D eigenvalue weighted by Gasteiger charge is 2.05. The summed E-state index contributed by atoms with van der Waals surface area (Å²) in [6.45, 7) is 6.13. The van der Waals surface area contributed by atoms with E-state index in [1.807, 2.05) is 0 Å². The van der Waals surface area contributed by atoms with Crippen molar-refractivity contribution in [1.82, 2.24) is 19.9 Å². The summed E-state index contributed by atoms with van der Waals surface area (Å²) in [7, 11) is 3.60. The molecule has 1 aromatic rings. The van der Waals surface area contributed by atoms with Crippen LogP contribution in [-0.2, 0) is 0 Å². The van der Waals surface area contributed by atoms with Gasteiger partial charge in [-0.3, -0.25) is 0 Å². The Hall–Kier alpha value is -1.14. The predicted octanol–water partition coefficient (Wildman–Crippen LogP) is 1.68. The molecule has 1 N–H and O–H groups in total. The van der Waals surface area contributed by atoms with E-state index in [4.69, 9.17) is 16.3 Å². The monoisotopic (exact) mass is 273 g/mol. The third-order valence-corrected chi connectivity index (χ3v) is 2.79. The lowest BCUT2D eigenvalue weighted by molar-refractivity contribution is 0.273. The molecule has 0 saturated carbocycles. The molecule has 0 aromatic carbocycles. The van der Waals surface area contributed by atoms with Crippen molar-refractivity contribution in [2.45, 2.75) is 26.3 Å². The Bertz CT molecular complexity index is 374. The molecular weight excluding hydrogens is 254 g/mol. The molecule has 102 valence electrons. The van der Waals surface area contributed by atoms with E-state index >= 15 is 0 Å². The molecule has 0 aliphatic carbocycles. The molecule has 0 amide bonds. The van der Waals surface area contributed by atoms with Crippen LogP contribution in [0, 0.1) is 0 Å². The number of methoxy groups -OCH3 is 1. The third kappa shape index (κ3) is 5.01. The van der Waals surface area contributed by atoms with Crippen LogP contribution in [0.1, 0.15) is 20.3 Å². The third-order valence-electron chi connectivity index (χ3n) is 2.62. The van der Waals surface area contributed by atoms with Crippen LogP contribution in [0.25, 0.3) is 0 Å². The standard InChI is InChI=1S/C11H20ClN5O/c1-8(2)17(3)7-5-6-13-10-14-9(12)15-11(16-10)18-4/h8H,5-7H2,1-4H3,(H,13,14,15,16). The topological polar surface area (TPSA) is 63.2 Å². The van der Waals surface area contributed by atoms with Gasteiger partial charge in [-0.25, -0.2) is 0 Å². The lowest BCUT2D eigenvalue weighted by Crippen LogP contribution is -2.28. The molecule has 7 heteroatoms. The fraction of sp³-hybridized carbons (Fsp3) is 0.727. The van der Waals surface area contributed by atoms with E-state index in [0.29, 0.717) is 12.0 Å². The van der Waals surface area contributed by atoms with E-state index in [1.165, 1.54) is 7.11 Å². The Morgan fingerprint density at radius 2 is 2.06 bits per heavy atom. The number of rotatable bonds is 7. The molecule has 18 heavy (non-hydrogen) atoms. The van der Waals surface area contributed by atoms with Crippen molar-refractivity contribution >= 4 is 17.5 Å². The van der Waals surface area contributed by atoms with Gasteiger partial charge in [0.15, 0.2) is 0 Å². The first-order valence-corrected chi connectivity index (χ1v) is 6.30. The average molecular weight is 274 g/mol. The number of nitrogens with one attached hydrogen (secondary N) is 1. The van der Waals surface area contributed by atoms with Crippen molar-refractivity contribution in [3.63, 3.8) is 0 Å². The van der Waals surface area contributed by atoms with Crippen LogP contribution in [0.5, 0.6) is 6.01 Å². The lowest BCUT2D eigenvalue weighted by atomic mass is 10.3. The van der Waals surface area contributed by atoms with Gasteiger partial charge in [-0.15, -0.1) is 0 Å². The molecule has 0 radical (unpaired) electrons. The Morgan fingerprint density at radius 3 is 2.67 bits per heavy atom. The molecule has 0 bridgehead atoms. The summed E-state index contributed by atoms with van der Waals surface area (Å²) in [5.74, 6) is 0.444. The molecule has 1 rings (SSSR count). The summed E-state index contributed by atoms with van der Waals surface area (Å²) in [6.07, 6.45) is 1.00. The number of nitrogens with zero attached hydrogens (tertiary/aromatic N) is 4. The molecule has 1 heterocycles. The number of hydrogen-bond acceptors (Lipinski definition) is 6. The Kier molecular flexibility index (Phi) is 6.07.